The Kier molecular flexibility index (Phi) is 8.34. The Hall–Kier alpha value is -5.05. The van der Waals surface area contributed by atoms with Crippen LogP contribution in [-0.4, -0.2) is 74.4 Å². The lowest BCUT2D eigenvalue weighted by atomic mass is 9.97. The summed E-state index contributed by atoms with van der Waals surface area (Å²) in [5.74, 6) is -2.51. The van der Waals surface area contributed by atoms with E-state index in [0.717, 1.165) is 83.3 Å². The predicted octanol–water partition coefficient (Wildman–Crippen LogP) is 5.05. The molecule has 2 aliphatic rings. The Morgan fingerprint density at radius 2 is 1.83 bits per heavy atom. The number of H-pyrrole nitrogens is 1. The van der Waals surface area contributed by atoms with Crippen LogP contribution in [0.4, 0.5) is 18.9 Å². The molecule has 3 aromatic heterocycles. The second-order valence-corrected chi connectivity index (χ2v) is 12.1. The van der Waals surface area contributed by atoms with Gasteiger partial charge in [0.1, 0.15) is 12.0 Å². The van der Waals surface area contributed by atoms with Crippen LogP contribution < -0.4 is 15.5 Å². The Balaban J connectivity index is 0.000000499. The van der Waals surface area contributed by atoms with Crippen molar-refractivity contribution in [3.63, 3.8) is 0 Å². The van der Waals surface area contributed by atoms with Gasteiger partial charge < -0.3 is 30.1 Å². The summed E-state index contributed by atoms with van der Waals surface area (Å²) in [6.07, 6.45) is -1.44. The van der Waals surface area contributed by atoms with Gasteiger partial charge in [-0.25, -0.2) is 14.8 Å². The number of nitrogens with zero attached hydrogens (tertiary/aromatic N) is 5. The number of anilines is 1. The van der Waals surface area contributed by atoms with E-state index in [9.17, 15) is 18.0 Å². The molecule has 2 aromatic carbocycles. The highest BCUT2D eigenvalue weighted by Gasteiger charge is 2.44. The van der Waals surface area contributed by atoms with Gasteiger partial charge in [-0.1, -0.05) is 30.3 Å². The number of nitrogens with one attached hydrogen (secondary N) is 3. The molecule has 1 amide bonds. The number of rotatable bonds is 6. The monoisotopic (exact) mass is 650 g/mol. The molecule has 0 bridgehead atoms. The summed E-state index contributed by atoms with van der Waals surface area (Å²) in [5.41, 5.74) is 6.97. The number of aliphatic carboxylic acids is 1. The van der Waals surface area contributed by atoms with Gasteiger partial charge in [-0.3, -0.25) is 4.79 Å². The number of amides is 1. The highest BCUT2D eigenvalue weighted by atomic mass is 19.4. The zero-order chi connectivity index (χ0) is 33.5. The number of fused-ring (bicyclic) bond motifs is 3. The molecular formula is C32H33F3N8O4. The van der Waals surface area contributed by atoms with Crippen molar-refractivity contribution in [3.8, 4) is 11.3 Å². The minimum atomic E-state index is -5.08. The number of carboxylic acid groups (broad SMARTS) is 1. The molecule has 5 aromatic rings. The van der Waals surface area contributed by atoms with Crippen molar-refractivity contribution in [2.45, 2.75) is 51.2 Å². The highest BCUT2D eigenvalue weighted by molar-refractivity contribution is 6.12. The number of benzene rings is 2. The molecule has 47 heavy (non-hydrogen) atoms. The molecule has 4 N–H and O–H groups in total. The number of alkyl halides is 3. The van der Waals surface area contributed by atoms with E-state index in [1.165, 1.54) is 5.69 Å². The number of hydrogen-bond acceptors (Lipinski definition) is 9. The van der Waals surface area contributed by atoms with Crippen molar-refractivity contribution in [3.05, 3.63) is 65.6 Å². The summed E-state index contributed by atoms with van der Waals surface area (Å²) in [4.78, 5) is 41.2. The Morgan fingerprint density at radius 3 is 2.49 bits per heavy atom. The van der Waals surface area contributed by atoms with Gasteiger partial charge >= 0.3 is 23.9 Å². The van der Waals surface area contributed by atoms with Gasteiger partial charge in [-0.15, -0.1) is 0 Å². The van der Waals surface area contributed by atoms with Gasteiger partial charge in [-0.2, -0.15) is 18.2 Å². The molecule has 15 heteroatoms. The predicted molar refractivity (Wildman–Crippen MR) is 167 cm³/mol. The van der Waals surface area contributed by atoms with Crippen molar-refractivity contribution in [2.24, 2.45) is 0 Å². The molecule has 12 nitrogen and oxygen atoms in total. The summed E-state index contributed by atoms with van der Waals surface area (Å²) in [6, 6.07) is 12.5. The highest BCUT2D eigenvalue weighted by Crippen LogP contribution is 2.46. The molecule has 7 rings (SSSR count). The minimum Gasteiger partial charge on any atom is -0.475 e. The van der Waals surface area contributed by atoms with E-state index >= 15 is 0 Å². The Labute approximate surface area is 266 Å². The smallest absolute Gasteiger partial charge is 0.475 e. The molecule has 1 saturated heterocycles. The lowest BCUT2D eigenvalue weighted by Crippen LogP contribution is -2.43. The number of piperazine rings is 1. The van der Waals surface area contributed by atoms with Crippen LogP contribution in [0.1, 0.15) is 60.4 Å². The summed E-state index contributed by atoms with van der Waals surface area (Å²) in [6.45, 7) is 10.1. The summed E-state index contributed by atoms with van der Waals surface area (Å²) in [5, 5.41) is 19.7. The molecule has 1 atom stereocenters. The molecule has 0 unspecified atom stereocenters. The molecule has 1 aliphatic carbocycles. The first-order valence-electron chi connectivity index (χ1n) is 15.1. The molecule has 246 valence electrons. The Morgan fingerprint density at radius 1 is 1.11 bits per heavy atom. The zero-order valence-corrected chi connectivity index (χ0v) is 25.9. The number of carboxylic acids is 1. The zero-order valence-electron chi connectivity index (χ0n) is 25.9. The van der Waals surface area contributed by atoms with Crippen LogP contribution >= 0.6 is 0 Å². The number of carbonyl (C=O) groups is 2. The van der Waals surface area contributed by atoms with E-state index in [1.807, 2.05) is 19.9 Å². The first kappa shape index (κ1) is 31.9. The maximum absolute atomic E-state index is 12.8. The largest absolute Gasteiger partial charge is 0.490 e. The van der Waals surface area contributed by atoms with Gasteiger partial charge in [0.2, 0.25) is 0 Å². The molecule has 2 fully saturated rings. The van der Waals surface area contributed by atoms with E-state index in [-0.39, 0.29) is 23.3 Å². The molecular weight excluding hydrogens is 617 g/mol. The number of aryl methyl sites for hydroxylation is 1. The molecule has 4 heterocycles. The molecule has 0 radical (unpaired) electrons. The third-order valence-corrected chi connectivity index (χ3v) is 8.61. The van der Waals surface area contributed by atoms with Crippen LogP contribution in [0.15, 0.2) is 47.2 Å². The van der Waals surface area contributed by atoms with Crippen molar-refractivity contribution in [1.29, 1.82) is 0 Å². The third-order valence-electron chi connectivity index (χ3n) is 8.61. The number of halogens is 3. The lowest BCUT2D eigenvalue weighted by Gasteiger charge is -2.29. The fourth-order valence-electron chi connectivity index (χ4n) is 5.67. The van der Waals surface area contributed by atoms with Crippen LogP contribution in [0.25, 0.3) is 33.2 Å². The minimum absolute atomic E-state index is 0.00655. The Bertz CT molecular complexity index is 1960. The van der Waals surface area contributed by atoms with Crippen LogP contribution in [0, 0.1) is 6.92 Å². The van der Waals surface area contributed by atoms with E-state index in [4.69, 9.17) is 19.4 Å². The average Bonchev–Trinajstić information content (AvgIpc) is 3.43. The SMILES string of the molecule is Cc1cc(-c2ncnc3[nH]c4cc(N5CCNCC5)ccc4c23)ccc1[C@@H](C)NC(=O)c1nc(C2(C)CC2)no1.O=C(O)C(F)(F)F. The molecule has 1 saturated carbocycles. The van der Waals surface area contributed by atoms with Crippen molar-refractivity contribution < 1.29 is 32.4 Å². The van der Waals surface area contributed by atoms with E-state index < -0.39 is 12.1 Å². The van der Waals surface area contributed by atoms with E-state index in [0.29, 0.717) is 5.82 Å². The summed E-state index contributed by atoms with van der Waals surface area (Å²) < 4.78 is 37.0. The number of aromatic amines is 1. The molecule has 0 spiro atoms. The first-order chi connectivity index (χ1) is 22.3. The fourth-order valence-corrected chi connectivity index (χ4v) is 5.67. The quantitative estimate of drug-likeness (QED) is 0.196. The first-order valence-corrected chi connectivity index (χ1v) is 15.1. The topological polar surface area (TPSA) is 162 Å². The van der Waals surface area contributed by atoms with Crippen molar-refractivity contribution in [1.82, 2.24) is 35.7 Å². The second-order valence-electron chi connectivity index (χ2n) is 12.1. The van der Waals surface area contributed by atoms with Crippen LogP contribution in [-0.2, 0) is 10.2 Å². The average molecular weight is 651 g/mol. The van der Waals surface area contributed by atoms with Crippen LogP contribution in [0.5, 0.6) is 0 Å². The maximum Gasteiger partial charge on any atom is 0.490 e. The fraction of sp³-hybridized carbons (Fsp3) is 0.375. The summed E-state index contributed by atoms with van der Waals surface area (Å²) in [7, 11) is 0. The van der Waals surface area contributed by atoms with E-state index in [1.54, 1.807) is 6.33 Å². The van der Waals surface area contributed by atoms with Gasteiger partial charge in [0, 0.05) is 53.7 Å². The van der Waals surface area contributed by atoms with Crippen LogP contribution in [0.2, 0.25) is 0 Å². The normalized spacial score (nSPS) is 16.4. The lowest BCUT2D eigenvalue weighted by molar-refractivity contribution is -0.192. The second kappa shape index (κ2) is 12.3. The number of aromatic nitrogens is 5. The maximum atomic E-state index is 12.8. The molecule has 1 aliphatic heterocycles. The van der Waals surface area contributed by atoms with Gasteiger partial charge in [-0.05, 0) is 56.0 Å². The van der Waals surface area contributed by atoms with Crippen molar-refractivity contribution >= 4 is 39.5 Å². The van der Waals surface area contributed by atoms with E-state index in [2.05, 4.69) is 72.9 Å². The summed E-state index contributed by atoms with van der Waals surface area (Å²) >= 11 is 0. The third kappa shape index (κ3) is 6.61. The number of hydrogen-bond donors (Lipinski definition) is 4. The van der Waals surface area contributed by atoms with Crippen LogP contribution in [0.3, 0.4) is 0 Å². The standard InChI is InChI=1S/C30H32N8O2.C2HF3O2/c1-17-14-19(4-6-21(17)18(2)34-27(39)28-36-29(37-40-28)30(3)8-9-30)25-24-22-7-5-20(38-12-10-31-11-13-38)15-23(22)35-26(24)33-16-32-25;3-2(4,5)1(6)7/h4-7,14-16,18,31H,8-13H2,1-3H3,(H,34,39)(H,32,33,35);(H,6,7)/t18-;/m1./s1. The van der Waals surface area contributed by atoms with Crippen molar-refractivity contribution in [2.75, 3.05) is 31.1 Å². The van der Waals surface area contributed by atoms with Gasteiger partial charge in [0.05, 0.1) is 17.1 Å². The van der Waals surface area contributed by atoms with Gasteiger partial charge in [0.15, 0.2) is 5.82 Å². The number of carbonyl (C=O) groups excluding carboxylic acids is 1. The van der Waals surface area contributed by atoms with Gasteiger partial charge in [0.25, 0.3) is 0 Å².